The predicted molar refractivity (Wildman–Crippen MR) is 78.3 cm³/mol. The number of rotatable bonds is 3. The van der Waals surface area contributed by atoms with Gasteiger partial charge in [0, 0.05) is 7.05 Å². The fourth-order valence-corrected chi connectivity index (χ4v) is 2.66. The maximum Gasteiger partial charge on any atom is 0.268 e. The molecule has 0 aromatic rings. The zero-order chi connectivity index (χ0) is 12.5. The van der Waals surface area contributed by atoms with Gasteiger partial charge in [-0.15, -0.1) is 24.8 Å². The number of amidine groups is 2. The van der Waals surface area contributed by atoms with Crippen molar-refractivity contribution in [3.05, 3.63) is 10.5 Å². The first-order valence-corrected chi connectivity index (χ1v) is 6.10. The van der Waals surface area contributed by atoms with E-state index in [4.69, 9.17) is 22.3 Å². The number of amides is 2. The molecule has 6 N–H and O–H groups in total. The van der Waals surface area contributed by atoms with Crippen molar-refractivity contribution in [1.29, 1.82) is 10.8 Å². The third kappa shape index (κ3) is 3.80. The number of halogens is 2. The van der Waals surface area contributed by atoms with Crippen molar-refractivity contribution in [2.24, 2.45) is 11.5 Å². The van der Waals surface area contributed by atoms with Crippen LogP contribution in [0.1, 0.15) is 0 Å². The fourth-order valence-electron chi connectivity index (χ4n) is 1.02. The highest BCUT2D eigenvalue weighted by Crippen LogP contribution is 2.36. The molecule has 7 nitrogen and oxygen atoms in total. The number of hydrogen-bond acceptors (Lipinski definition) is 6. The summed E-state index contributed by atoms with van der Waals surface area (Å²) in [5, 5.41) is 14.0. The Morgan fingerprint density at radius 1 is 1.17 bits per heavy atom. The standard InChI is InChI=1S/C7H9N5O2S2.2ClH/c1-12-5(13)2(4(8)9)3(6(12)14)15-16-7(10)11;;/h1H3,(H3,8,9)(H3,10,11);2*1H. The molecule has 102 valence electrons. The van der Waals surface area contributed by atoms with Crippen molar-refractivity contribution in [2.45, 2.75) is 0 Å². The Morgan fingerprint density at radius 2 is 1.67 bits per heavy atom. The number of nitrogens with two attached hydrogens (primary N) is 2. The zero-order valence-electron chi connectivity index (χ0n) is 9.05. The number of nitrogens with one attached hydrogen (secondary N) is 2. The van der Waals surface area contributed by atoms with Gasteiger partial charge in [-0.25, -0.2) is 0 Å². The van der Waals surface area contributed by atoms with E-state index in [1.807, 2.05) is 0 Å². The van der Waals surface area contributed by atoms with Crippen LogP contribution in [0.2, 0.25) is 0 Å². The maximum absolute atomic E-state index is 11.6. The lowest BCUT2D eigenvalue weighted by Gasteiger charge is -2.05. The summed E-state index contributed by atoms with van der Waals surface area (Å²) in [4.78, 5) is 24.0. The van der Waals surface area contributed by atoms with E-state index in [2.05, 4.69) is 0 Å². The van der Waals surface area contributed by atoms with Crippen LogP contribution in [0, 0.1) is 10.8 Å². The second-order valence-electron chi connectivity index (χ2n) is 2.82. The van der Waals surface area contributed by atoms with Crippen molar-refractivity contribution < 1.29 is 9.59 Å². The van der Waals surface area contributed by atoms with Gasteiger partial charge in [-0.05, 0) is 21.6 Å². The largest absolute Gasteiger partial charge is 0.383 e. The molecular weight excluding hydrogens is 321 g/mol. The molecule has 0 spiro atoms. The molecule has 1 rings (SSSR count). The summed E-state index contributed by atoms with van der Waals surface area (Å²) in [6.45, 7) is 0. The Kier molecular flexibility index (Phi) is 8.12. The first-order valence-electron chi connectivity index (χ1n) is 3.95. The molecule has 2 amide bonds. The van der Waals surface area contributed by atoms with Crippen LogP contribution in [0.25, 0.3) is 0 Å². The van der Waals surface area contributed by atoms with E-state index in [0.717, 1.165) is 26.5 Å². The van der Waals surface area contributed by atoms with E-state index in [-0.39, 0.29) is 40.5 Å². The number of likely N-dealkylation sites (N-methyl/N-ethyl adjacent to an activating group) is 1. The molecular formula is C7H11Cl2N5O2S2. The van der Waals surface area contributed by atoms with Crippen LogP contribution in [-0.2, 0) is 9.59 Å². The van der Waals surface area contributed by atoms with E-state index < -0.39 is 17.6 Å². The van der Waals surface area contributed by atoms with Crippen LogP contribution in [-0.4, -0.2) is 34.8 Å². The normalized spacial score (nSPS) is 14.2. The van der Waals surface area contributed by atoms with E-state index in [9.17, 15) is 9.59 Å². The second kappa shape index (κ2) is 7.52. The van der Waals surface area contributed by atoms with Gasteiger partial charge < -0.3 is 11.5 Å². The average molecular weight is 332 g/mol. The summed E-state index contributed by atoms with van der Waals surface area (Å²) in [5.74, 6) is -1.60. The molecule has 0 aromatic heterocycles. The highest BCUT2D eigenvalue weighted by Gasteiger charge is 2.37. The maximum atomic E-state index is 11.6. The van der Waals surface area contributed by atoms with Crippen LogP contribution in [0.3, 0.4) is 0 Å². The van der Waals surface area contributed by atoms with Crippen LogP contribution in [0.5, 0.6) is 0 Å². The lowest BCUT2D eigenvalue weighted by Crippen LogP contribution is -2.29. The van der Waals surface area contributed by atoms with Gasteiger partial charge in [0.1, 0.15) is 16.3 Å². The minimum Gasteiger partial charge on any atom is -0.383 e. The summed E-state index contributed by atoms with van der Waals surface area (Å²) >= 11 is 0. The third-order valence-corrected chi connectivity index (χ3v) is 3.83. The lowest BCUT2D eigenvalue weighted by molar-refractivity contribution is -0.135. The van der Waals surface area contributed by atoms with Gasteiger partial charge in [-0.3, -0.25) is 25.3 Å². The van der Waals surface area contributed by atoms with Crippen LogP contribution in [0.4, 0.5) is 0 Å². The van der Waals surface area contributed by atoms with E-state index in [1.165, 1.54) is 7.05 Å². The molecule has 0 aliphatic carbocycles. The van der Waals surface area contributed by atoms with Gasteiger partial charge >= 0.3 is 0 Å². The summed E-state index contributed by atoms with van der Waals surface area (Å²) < 4.78 is 0. The number of hydrogen-bond donors (Lipinski definition) is 4. The average Bonchev–Trinajstić information content (AvgIpc) is 2.39. The smallest absolute Gasteiger partial charge is 0.268 e. The molecule has 0 radical (unpaired) electrons. The van der Waals surface area contributed by atoms with Crippen LogP contribution in [0.15, 0.2) is 10.5 Å². The predicted octanol–water partition coefficient (Wildman–Crippen LogP) is 0.294. The van der Waals surface area contributed by atoms with Crippen LogP contribution < -0.4 is 11.5 Å². The van der Waals surface area contributed by atoms with Gasteiger partial charge in [-0.2, -0.15) is 0 Å². The molecule has 0 bridgehead atoms. The first kappa shape index (κ1) is 19.4. The highest BCUT2D eigenvalue weighted by molar-refractivity contribution is 8.83. The number of nitrogens with zero attached hydrogens (tertiary/aromatic N) is 1. The minimum absolute atomic E-state index is 0. The van der Waals surface area contributed by atoms with Gasteiger partial charge in [0.05, 0.1) is 0 Å². The van der Waals surface area contributed by atoms with Crippen molar-refractivity contribution in [3.8, 4) is 0 Å². The zero-order valence-corrected chi connectivity index (χ0v) is 12.3. The van der Waals surface area contributed by atoms with E-state index >= 15 is 0 Å². The molecule has 1 aliphatic heterocycles. The van der Waals surface area contributed by atoms with Gasteiger partial charge in [0.25, 0.3) is 11.8 Å². The number of imide groups is 1. The topological polar surface area (TPSA) is 137 Å². The summed E-state index contributed by atoms with van der Waals surface area (Å²) in [6.07, 6.45) is 0. The summed E-state index contributed by atoms with van der Waals surface area (Å²) in [5.41, 5.74) is 10.2. The summed E-state index contributed by atoms with van der Waals surface area (Å²) in [7, 11) is 2.99. The van der Waals surface area contributed by atoms with Gasteiger partial charge in [-0.1, -0.05) is 0 Å². The Hall–Kier alpha value is -0.900. The second-order valence-corrected chi connectivity index (χ2v) is 5.00. The van der Waals surface area contributed by atoms with Crippen molar-refractivity contribution in [3.63, 3.8) is 0 Å². The molecule has 0 saturated carbocycles. The molecule has 1 aliphatic rings. The molecule has 0 saturated heterocycles. The van der Waals surface area contributed by atoms with Gasteiger partial charge in [0.15, 0.2) is 5.17 Å². The molecule has 0 aromatic carbocycles. The quantitative estimate of drug-likeness (QED) is 0.254. The van der Waals surface area contributed by atoms with Crippen LogP contribution >= 0.6 is 46.4 Å². The number of carbonyl (C=O) groups excluding carboxylic acids is 2. The van der Waals surface area contributed by atoms with E-state index in [0.29, 0.717) is 0 Å². The first-order chi connectivity index (χ1) is 7.36. The van der Waals surface area contributed by atoms with Crippen molar-refractivity contribution in [1.82, 2.24) is 4.90 Å². The number of carbonyl (C=O) groups is 2. The molecule has 0 fully saturated rings. The Balaban J connectivity index is 0. The summed E-state index contributed by atoms with van der Waals surface area (Å²) in [6, 6.07) is 0. The monoisotopic (exact) mass is 331 g/mol. The molecule has 1 heterocycles. The van der Waals surface area contributed by atoms with E-state index in [1.54, 1.807) is 0 Å². The molecule has 18 heavy (non-hydrogen) atoms. The Labute approximate surface area is 123 Å². The highest BCUT2D eigenvalue weighted by atomic mass is 35.5. The van der Waals surface area contributed by atoms with Crippen molar-refractivity contribution >= 4 is 69.2 Å². The van der Waals surface area contributed by atoms with Crippen molar-refractivity contribution in [2.75, 3.05) is 7.05 Å². The minimum atomic E-state index is -0.607. The molecule has 0 atom stereocenters. The SMILES string of the molecule is CN1C(=O)C(SSC(=N)N)=C(C(=N)N)C1=O.Cl.Cl. The molecule has 0 unspecified atom stereocenters. The lowest BCUT2D eigenvalue weighted by atomic mass is 10.2. The third-order valence-electron chi connectivity index (χ3n) is 1.73. The van der Waals surface area contributed by atoms with Gasteiger partial charge in [0.2, 0.25) is 0 Å². The Morgan fingerprint density at radius 3 is 2.06 bits per heavy atom. The Bertz CT molecular complexity index is 440. The fraction of sp³-hybridized carbons (Fsp3) is 0.143. The molecule has 11 heteroatoms.